The maximum atomic E-state index is 12.4. The van der Waals surface area contributed by atoms with E-state index in [9.17, 15) is 10.1 Å². The summed E-state index contributed by atoms with van der Waals surface area (Å²) < 4.78 is 2.22. The van der Waals surface area contributed by atoms with Crippen LogP contribution in [0, 0.1) is 23.2 Å². The van der Waals surface area contributed by atoms with Gasteiger partial charge in [0.2, 0.25) is 11.9 Å². The molecule has 1 aromatic rings. The fraction of sp³-hybridized carbons (Fsp3) is 0.789. The standard InChI is InChI=1S/C19H30N6OS/c1-13(2)19(4,12-20)21-16(26)11-27-18-23-22-17(25(18)15-5-6-15)24-9-7-14(3)8-10-24/h13-15H,5-11H2,1-4H3,(H,21,26). The first-order valence-corrected chi connectivity index (χ1v) is 10.9. The molecule has 1 amide bonds. The van der Waals surface area contributed by atoms with Crippen molar-refractivity contribution in [1.82, 2.24) is 20.1 Å². The zero-order valence-electron chi connectivity index (χ0n) is 16.7. The molecule has 2 fully saturated rings. The first kappa shape index (κ1) is 20.0. The zero-order chi connectivity index (χ0) is 19.6. The quantitative estimate of drug-likeness (QED) is 0.720. The highest BCUT2D eigenvalue weighted by atomic mass is 32.2. The molecular weight excluding hydrogens is 360 g/mol. The average Bonchev–Trinajstić information content (AvgIpc) is 3.39. The van der Waals surface area contributed by atoms with Crippen LogP contribution in [0.3, 0.4) is 0 Å². The Morgan fingerprint density at radius 3 is 2.56 bits per heavy atom. The number of anilines is 1. The predicted molar refractivity (Wildman–Crippen MR) is 107 cm³/mol. The van der Waals surface area contributed by atoms with Crippen LogP contribution in [0.4, 0.5) is 5.95 Å². The van der Waals surface area contributed by atoms with Crippen LogP contribution in [0.5, 0.6) is 0 Å². The minimum absolute atomic E-state index is 0.0414. The smallest absolute Gasteiger partial charge is 0.231 e. The maximum absolute atomic E-state index is 12.4. The summed E-state index contributed by atoms with van der Waals surface area (Å²) >= 11 is 1.41. The number of nitrogens with one attached hydrogen (secondary N) is 1. The molecule has 8 heteroatoms. The van der Waals surface area contributed by atoms with Crippen molar-refractivity contribution in [3.63, 3.8) is 0 Å². The highest BCUT2D eigenvalue weighted by Crippen LogP contribution is 2.41. The molecule has 7 nitrogen and oxygen atoms in total. The number of nitrogens with zero attached hydrogens (tertiary/aromatic N) is 5. The van der Waals surface area contributed by atoms with Gasteiger partial charge in [0, 0.05) is 19.1 Å². The first-order valence-electron chi connectivity index (χ1n) is 9.89. The first-order chi connectivity index (χ1) is 12.8. The van der Waals surface area contributed by atoms with E-state index in [0.717, 1.165) is 43.0 Å². The minimum Gasteiger partial charge on any atom is -0.341 e. The molecule has 1 aliphatic carbocycles. The molecule has 0 aromatic carbocycles. The van der Waals surface area contributed by atoms with Gasteiger partial charge in [-0.2, -0.15) is 5.26 Å². The van der Waals surface area contributed by atoms with E-state index in [-0.39, 0.29) is 17.6 Å². The fourth-order valence-corrected chi connectivity index (χ4v) is 4.00. The highest BCUT2D eigenvalue weighted by molar-refractivity contribution is 7.99. The Balaban J connectivity index is 1.66. The Morgan fingerprint density at radius 2 is 2.00 bits per heavy atom. The number of amides is 1. The topological polar surface area (TPSA) is 86.8 Å². The number of thioether (sulfide) groups is 1. The lowest BCUT2D eigenvalue weighted by atomic mass is 9.90. The second-order valence-electron chi connectivity index (χ2n) is 8.36. The summed E-state index contributed by atoms with van der Waals surface area (Å²) in [5, 5.41) is 21.9. The van der Waals surface area contributed by atoms with Crippen molar-refractivity contribution in [2.75, 3.05) is 23.7 Å². The molecule has 148 valence electrons. The highest BCUT2D eigenvalue weighted by Gasteiger charge is 2.33. The molecule has 27 heavy (non-hydrogen) atoms. The lowest BCUT2D eigenvalue weighted by Gasteiger charge is -2.31. The summed E-state index contributed by atoms with van der Waals surface area (Å²) in [5.41, 5.74) is -0.850. The van der Waals surface area contributed by atoms with Gasteiger partial charge < -0.3 is 10.2 Å². The van der Waals surface area contributed by atoms with Gasteiger partial charge >= 0.3 is 0 Å². The molecule has 1 aliphatic heterocycles. The van der Waals surface area contributed by atoms with Crippen molar-refractivity contribution in [2.24, 2.45) is 11.8 Å². The molecule has 3 rings (SSSR count). The molecule has 1 atom stereocenters. The van der Waals surface area contributed by atoms with Crippen LogP contribution in [0.2, 0.25) is 0 Å². The number of hydrogen-bond donors (Lipinski definition) is 1. The van der Waals surface area contributed by atoms with E-state index >= 15 is 0 Å². The van der Waals surface area contributed by atoms with Gasteiger partial charge in [0.15, 0.2) is 5.16 Å². The van der Waals surface area contributed by atoms with Crippen LogP contribution in [0.15, 0.2) is 5.16 Å². The molecule has 1 saturated heterocycles. The summed E-state index contributed by atoms with van der Waals surface area (Å²) in [6.45, 7) is 9.98. The second kappa shape index (κ2) is 8.09. The molecule has 1 aromatic heterocycles. The van der Waals surface area contributed by atoms with E-state index in [1.54, 1.807) is 6.92 Å². The Kier molecular flexibility index (Phi) is 5.99. The molecule has 2 aliphatic rings. The van der Waals surface area contributed by atoms with Crippen LogP contribution < -0.4 is 10.2 Å². The minimum atomic E-state index is -0.850. The fourth-order valence-electron chi connectivity index (χ4n) is 3.20. The molecule has 1 N–H and O–H groups in total. The molecule has 0 radical (unpaired) electrons. The lowest BCUT2D eigenvalue weighted by Crippen LogP contribution is -2.49. The van der Waals surface area contributed by atoms with Gasteiger partial charge in [0.05, 0.1) is 11.8 Å². The number of aromatic nitrogens is 3. The maximum Gasteiger partial charge on any atom is 0.231 e. The van der Waals surface area contributed by atoms with Gasteiger partial charge in [-0.15, -0.1) is 10.2 Å². The molecule has 1 unspecified atom stereocenters. The van der Waals surface area contributed by atoms with E-state index < -0.39 is 5.54 Å². The van der Waals surface area contributed by atoms with Crippen LogP contribution in [0.1, 0.15) is 59.4 Å². The Labute approximate surface area is 165 Å². The van der Waals surface area contributed by atoms with Crippen molar-refractivity contribution in [3.05, 3.63) is 0 Å². The van der Waals surface area contributed by atoms with E-state index in [0.29, 0.717) is 6.04 Å². The SMILES string of the molecule is CC1CCN(c2nnc(SCC(=O)NC(C)(C#N)C(C)C)n2C2CC2)CC1. The predicted octanol–water partition coefficient (Wildman–Crippen LogP) is 3.00. The lowest BCUT2D eigenvalue weighted by molar-refractivity contribution is -0.120. The molecule has 2 heterocycles. The van der Waals surface area contributed by atoms with Gasteiger partial charge in [-0.05, 0) is 44.4 Å². The summed E-state index contributed by atoms with van der Waals surface area (Å²) in [6.07, 6.45) is 4.67. The number of carbonyl (C=O) groups is 1. The van der Waals surface area contributed by atoms with E-state index in [2.05, 4.69) is 38.0 Å². The Morgan fingerprint density at radius 1 is 1.33 bits per heavy atom. The van der Waals surface area contributed by atoms with Gasteiger partial charge in [-0.3, -0.25) is 9.36 Å². The van der Waals surface area contributed by atoms with Crippen LogP contribution >= 0.6 is 11.8 Å². The van der Waals surface area contributed by atoms with Crippen molar-refractivity contribution in [3.8, 4) is 6.07 Å². The molecular formula is C19H30N6OS. The average molecular weight is 391 g/mol. The van der Waals surface area contributed by atoms with E-state index in [1.807, 2.05) is 13.8 Å². The van der Waals surface area contributed by atoms with Crippen molar-refractivity contribution in [2.45, 2.75) is 70.1 Å². The third-order valence-electron chi connectivity index (χ3n) is 5.74. The second-order valence-corrected chi connectivity index (χ2v) is 9.30. The number of rotatable bonds is 7. The number of piperidine rings is 1. The normalized spacial score (nSPS) is 20.4. The monoisotopic (exact) mass is 390 g/mol. The molecule has 0 bridgehead atoms. The van der Waals surface area contributed by atoms with Gasteiger partial charge in [-0.25, -0.2) is 0 Å². The summed E-state index contributed by atoms with van der Waals surface area (Å²) in [6, 6.07) is 2.67. The third-order valence-corrected chi connectivity index (χ3v) is 6.69. The van der Waals surface area contributed by atoms with Crippen LogP contribution in [-0.2, 0) is 4.79 Å². The molecule has 1 saturated carbocycles. The number of nitriles is 1. The summed E-state index contributed by atoms with van der Waals surface area (Å²) in [5.74, 6) is 1.87. The van der Waals surface area contributed by atoms with Crippen LogP contribution in [-0.4, -0.2) is 45.1 Å². The van der Waals surface area contributed by atoms with Gasteiger partial charge in [0.1, 0.15) is 5.54 Å². The van der Waals surface area contributed by atoms with E-state index in [1.165, 1.54) is 24.6 Å². The summed E-state index contributed by atoms with van der Waals surface area (Å²) in [4.78, 5) is 14.7. The van der Waals surface area contributed by atoms with Crippen molar-refractivity contribution < 1.29 is 4.79 Å². The van der Waals surface area contributed by atoms with Crippen molar-refractivity contribution in [1.29, 1.82) is 5.26 Å². The number of hydrogen-bond acceptors (Lipinski definition) is 6. The third kappa shape index (κ3) is 4.57. The van der Waals surface area contributed by atoms with Gasteiger partial charge in [0.25, 0.3) is 0 Å². The number of carbonyl (C=O) groups excluding carboxylic acids is 1. The van der Waals surface area contributed by atoms with Crippen molar-refractivity contribution >= 4 is 23.6 Å². The molecule has 0 spiro atoms. The largest absolute Gasteiger partial charge is 0.341 e. The zero-order valence-corrected chi connectivity index (χ0v) is 17.6. The van der Waals surface area contributed by atoms with E-state index in [4.69, 9.17) is 0 Å². The van der Waals surface area contributed by atoms with Crippen LogP contribution in [0.25, 0.3) is 0 Å². The Hall–Kier alpha value is -1.75. The Bertz CT molecular complexity index is 714. The summed E-state index contributed by atoms with van der Waals surface area (Å²) in [7, 11) is 0. The van der Waals surface area contributed by atoms with Gasteiger partial charge in [-0.1, -0.05) is 32.5 Å².